The first kappa shape index (κ1) is 22.2. The van der Waals surface area contributed by atoms with E-state index in [9.17, 15) is 4.79 Å². The molecule has 2 aliphatic heterocycles. The van der Waals surface area contributed by atoms with E-state index in [1.807, 2.05) is 0 Å². The molecular weight excluding hydrogens is 410 g/mol. The van der Waals surface area contributed by atoms with Gasteiger partial charge in [0.15, 0.2) is 0 Å². The molecule has 1 saturated carbocycles. The normalized spacial score (nSPS) is 23.4. The van der Waals surface area contributed by atoms with Crippen molar-refractivity contribution >= 4 is 11.7 Å². The lowest BCUT2D eigenvalue weighted by molar-refractivity contribution is -0.132. The summed E-state index contributed by atoms with van der Waals surface area (Å²) in [4.78, 5) is 20.2. The van der Waals surface area contributed by atoms with Gasteiger partial charge in [-0.1, -0.05) is 49.6 Å². The molecule has 0 bridgehead atoms. The number of likely N-dealkylation sites (tertiary alicyclic amines) is 1. The highest BCUT2D eigenvalue weighted by molar-refractivity contribution is 6.02. The molecule has 1 amide bonds. The molecule has 2 fully saturated rings. The monoisotopic (exact) mass is 447 g/mol. The van der Waals surface area contributed by atoms with Gasteiger partial charge in [-0.15, -0.1) is 0 Å². The second kappa shape index (κ2) is 10.1. The first-order valence-corrected chi connectivity index (χ1v) is 12.9. The van der Waals surface area contributed by atoms with Gasteiger partial charge in [0.1, 0.15) is 5.84 Å². The molecule has 3 heterocycles. The van der Waals surface area contributed by atoms with Crippen molar-refractivity contribution in [1.82, 2.24) is 20.4 Å². The van der Waals surface area contributed by atoms with Crippen LogP contribution in [0.2, 0.25) is 0 Å². The second-order valence-electron chi connectivity index (χ2n) is 10.1. The number of aromatic nitrogens is 2. The molecular formula is C27H37N5O. The number of carbonyl (C=O) groups is 1. The van der Waals surface area contributed by atoms with Gasteiger partial charge in [-0.3, -0.25) is 14.9 Å². The van der Waals surface area contributed by atoms with Crippen molar-refractivity contribution in [3.63, 3.8) is 0 Å². The maximum Gasteiger partial charge on any atom is 0.222 e. The van der Waals surface area contributed by atoms with Gasteiger partial charge < -0.3 is 10.2 Å². The van der Waals surface area contributed by atoms with Gasteiger partial charge in [-0.05, 0) is 44.1 Å². The Morgan fingerprint density at radius 3 is 2.61 bits per heavy atom. The van der Waals surface area contributed by atoms with E-state index in [0.29, 0.717) is 30.8 Å². The van der Waals surface area contributed by atoms with E-state index in [1.54, 1.807) is 0 Å². The van der Waals surface area contributed by atoms with Gasteiger partial charge in [0.25, 0.3) is 0 Å². The summed E-state index contributed by atoms with van der Waals surface area (Å²) in [5, 5.41) is 11.5. The van der Waals surface area contributed by atoms with Crippen molar-refractivity contribution in [2.75, 3.05) is 13.1 Å². The Hall–Kier alpha value is -2.63. The summed E-state index contributed by atoms with van der Waals surface area (Å²) >= 11 is 0. The summed E-state index contributed by atoms with van der Waals surface area (Å²) in [6.45, 7) is 3.90. The molecule has 1 atom stereocenters. The summed E-state index contributed by atoms with van der Waals surface area (Å²) < 4.78 is 0. The summed E-state index contributed by atoms with van der Waals surface area (Å²) in [5.74, 6) is 1.82. The molecule has 0 radical (unpaired) electrons. The average Bonchev–Trinajstić information content (AvgIpc) is 3.26. The van der Waals surface area contributed by atoms with Gasteiger partial charge in [0.05, 0.1) is 17.3 Å². The zero-order valence-electron chi connectivity index (χ0n) is 19.9. The van der Waals surface area contributed by atoms with Crippen LogP contribution in [0.3, 0.4) is 0 Å². The number of nitrogens with one attached hydrogen (secondary N) is 2. The third kappa shape index (κ3) is 5.15. The van der Waals surface area contributed by atoms with Crippen LogP contribution in [0.5, 0.6) is 0 Å². The highest BCUT2D eigenvalue weighted by Crippen LogP contribution is 2.29. The SMILES string of the molecule is CC1Cc2[nH]nc(CCC(=O)N3CCC(c4ccccc4)CC3)c2C(=NC2CCCCC2)N1. The standard InChI is InChI=1S/C27H37N5O/c1-19-18-24-26(27(28-19)29-22-10-6-3-7-11-22)23(30-31-24)12-13-25(33)32-16-14-21(15-17-32)20-8-4-2-5-9-20/h2,4-5,8-9,19,21-22H,3,6-7,10-18H2,1H3,(H,28,29)(H,30,31). The lowest BCUT2D eigenvalue weighted by Gasteiger charge is -2.32. The fraction of sp³-hybridized carbons (Fsp3) is 0.593. The van der Waals surface area contributed by atoms with E-state index in [0.717, 1.165) is 49.4 Å². The number of H-pyrrole nitrogens is 1. The molecule has 33 heavy (non-hydrogen) atoms. The number of benzene rings is 1. The number of rotatable bonds is 5. The molecule has 2 aromatic rings. The largest absolute Gasteiger partial charge is 0.367 e. The molecule has 1 unspecified atom stereocenters. The molecule has 1 aromatic heterocycles. The zero-order valence-corrected chi connectivity index (χ0v) is 19.9. The van der Waals surface area contributed by atoms with Crippen LogP contribution in [0.1, 0.15) is 86.7 Å². The van der Waals surface area contributed by atoms with Crippen molar-refractivity contribution in [1.29, 1.82) is 0 Å². The number of aryl methyl sites for hydroxylation is 1. The Bertz CT molecular complexity index is 968. The number of hydrogen-bond acceptors (Lipinski definition) is 3. The molecule has 1 saturated heterocycles. The van der Waals surface area contributed by atoms with Crippen LogP contribution in [0.4, 0.5) is 0 Å². The fourth-order valence-corrected chi connectivity index (χ4v) is 5.76. The topological polar surface area (TPSA) is 73.4 Å². The van der Waals surface area contributed by atoms with Crippen LogP contribution in [-0.2, 0) is 17.6 Å². The molecule has 6 heteroatoms. The summed E-state index contributed by atoms with van der Waals surface area (Å²) in [6, 6.07) is 11.5. The summed E-state index contributed by atoms with van der Waals surface area (Å²) in [7, 11) is 0. The second-order valence-corrected chi connectivity index (χ2v) is 10.1. The van der Waals surface area contributed by atoms with Crippen LogP contribution >= 0.6 is 0 Å². The third-order valence-electron chi connectivity index (χ3n) is 7.63. The fourth-order valence-electron chi connectivity index (χ4n) is 5.76. The van der Waals surface area contributed by atoms with E-state index >= 15 is 0 Å². The van der Waals surface area contributed by atoms with E-state index in [1.165, 1.54) is 43.4 Å². The predicted molar refractivity (Wildman–Crippen MR) is 132 cm³/mol. The van der Waals surface area contributed by atoms with Crippen molar-refractivity contribution < 1.29 is 4.79 Å². The molecule has 2 N–H and O–H groups in total. The molecule has 1 aromatic carbocycles. The van der Waals surface area contributed by atoms with Crippen LogP contribution < -0.4 is 5.32 Å². The number of aromatic amines is 1. The van der Waals surface area contributed by atoms with Crippen LogP contribution in [-0.4, -0.2) is 52.0 Å². The summed E-state index contributed by atoms with van der Waals surface area (Å²) in [5.41, 5.74) is 4.70. The van der Waals surface area contributed by atoms with E-state index < -0.39 is 0 Å². The lowest BCUT2D eigenvalue weighted by atomic mass is 9.89. The minimum atomic E-state index is 0.251. The van der Waals surface area contributed by atoms with Crippen molar-refractivity contribution in [2.24, 2.45) is 4.99 Å². The Morgan fingerprint density at radius 1 is 1.09 bits per heavy atom. The Morgan fingerprint density at radius 2 is 1.85 bits per heavy atom. The highest BCUT2D eigenvalue weighted by Gasteiger charge is 2.28. The van der Waals surface area contributed by atoms with Crippen LogP contribution in [0, 0.1) is 0 Å². The summed E-state index contributed by atoms with van der Waals surface area (Å²) in [6.07, 6.45) is 10.4. The van der Waals surface area contributed by atoms with E-state index in [-0.39, 0.29) is 5.91 Å². The third-order valence-corrected chi connectivity index (χ3v) is 7.63. The number of hydrogen-bond donors (Lipinski definition) is 2. The first-order valence-electron chi connectivity index (χ1n) is 12.9. The minimum Gasteiger partial charge on any atom is -0.367 e. The van der Waals surface area contributed by atoms with Gasteiger partial charge in [0, 0.05) is 44.1 Å². The van der Waals surface area contributed by atoms with E-state index in [2.05, 4.69) is 57.7 Å². The smallest absolute Gasteiger partial charge is 0.222 e. The number of amidine groups is 1. The van der Waals surface area contributed by atoms with Gasteiger partial charge in [0.2, 0.25) is 5.91 Å². The lowest BCUT2D eigenvalue weighted by Crippen LogP contribution is -2.41. The van der Waals surface area contributed by atoms with Crippen molar-refractivity contribution in [2.45, 2.75) is 89.1 Å². The number of carbonyl (C=O) groups excluding carboxylic acids is 1. The average molecular weight is 448 g/mol. The molecule has 1 aliphatic carbocycles. The first-order chi connectivity index (χ1) is 16.2. The molecule has 176 valence electrons. The van der Waals surface area contributed by atoms with Gasteiger partial charge in [-0.2, -0.15) is 5.10 Å². The van der Waals surface area contributed by atoms with Crippen molar-refractivity contribution in [3.05, 3.63) is 52.8 Å². The molecule has 3 aliphatic rings. The maximum absolute atomic E-state index is 13.0. The highest BCUT2D eigenvalue weighted by atomic mass is 16.2. The molecule has 6 nitrogen and oxygen atoms in total. The number of nitrogens with zero attached hydrogens (tertiary/aromatic N) is 3. The molecule has 5 rings (SSSR count). The quantitative estimate of drug-likeness (QED) is 0.715. The zero-order chi connectivity index (χ0) is 22.6. The van der Waals surface area contributed by atoms with Crippen LogP contribution in [0.15, 0.2) is 35.3 Å². The molecule has 0 spiro atoms. The van der Waals surface area contributed by atoms with E-state index in [4.69, 9.17) is 4.99 Å². The number of fused-ring (bicyclic) bond motifs is 1. The number of amides is 1. The number of aliphatic imine (C=N–C) groups is 1. The minimum absolute atomic E-state index is 0.251. The van der Waals surface area contributed by atoms with Gasteiger partial charge in [-0.25, -0.2) is 0 Å². The Balaban J connectivity index is 1.21. The predicted octanol–water partition coefficient (Wildman–Crippen LogP) is 4.36. The van der Waals surface area contributed by atoms with Crippen LogP contribution in [0.25, 0.3) is 0 Å². The Kier molecular flexibility index (Phi) is 6.79. The maximum atomic E-state index is 13.0. The van der Waals surface area contributed by atoms with Crippen molar-refractivity contribution in [3.8, 4) is 0 Å². The van der Waals surface area contributed by atoms with Gasteiger partial charge >= 0.3 is 0 Å². The Labute approximate surface area is 197 Å². The number of piperidine rings is 1.